The van der Waals surface area contributed by atoms with Gasteiger partial charge in [0.15, 0.2) is 0 Å². The van der Waals surface area contributed by atoms with Crippen molar-refractivity contribution in [3.05, 3.63) is 35.2 Å². The molecule has 0 fully saturated rings. The molecule has 0 spiro atoms. The Morgan fingerprint density at radius 1 is 1.25 bits per heavy atom. The molecule has 86 valence electrons. The molecule has 2 rings (SSSR count). The number of thiophene rings is 1. The summed E-state index contributed by atoms with van der Waals surface area (Å²) < 4.78 is 1.22. The maximum absolute atomic E-state index is 10.3. The lowest BCUT2D eigenvalue weighted by atomic mass is 9.87. The molecule has 16 heavy (non-hydrogen) atoms. The minimum absolute atomic E-state index is 0.152. The van der Waals surface area contributed by atoms with Gasteiger partial charge in [-0.15, -0.1) is 11.3 Å². The molecule has 0 radical (unpaired) electrons. The first kappa shape index (κ1) is 11.6. The van der Waals surface area contributed by atoms with Crippen molar-refractivity contribution in [2.45, 2.75) is 33.3 Å². The van der Waals surface area contributed by atoms with Crippen molar-refractivity contribution in [3.8, 4) is 0 Å². The van der Waals surface area contributed by atoms with Gasteiger partial charge < -0.3 is 5.11 Å². The van der Waals surface area contributed by atoms with Crippen LogP contribution in [0.15, 0.2) is 29.6 Å². The molecule has 0 aliphatic heterocycles. The van der Waals surface area contributed by atoms with Gasteiger partial charge in [0.05, 0.1) is 6.10 Å². The van der Waals surface area contributed by atoms with E-state index in [0.29, 0.717) is 0 Å². The highest BCUT2D eigenvalue weighted by atomic mass is 32.1. The largest absolute Gasteiger partial charge is 0.388 e. The van der Waals surface area contributed by atoms with Crippen LogP contribution < -0.4 is 0 Å². The number of aliphatic hydroxyl groups is 1. The third-order valence-electron chi connectivity index (χ3n) is 2.67. The van der Waals surface area contributed by atoms with Crippen LogP contribution in [0.3, 0.4) is 0 Å². The van der Waals surface area contributed by atoms with E-state index in [1.807, 2.05) is 12.1 Å². The van der Waals surface area contributed by atoms with Crippen molar-refractivity contribution in [1.82, 2.24) is 0 Å². The van der Waals surface area contributed by atoms with Crippen LogP contribution in [-0.2, 0) is 0 Å². The number of aliphatic hydroxyl groups excluding tert-OH is 1. The molecule has 1 nitrogen and oxygen atoms in total. The van der Waals surface area contributed by atoms with Crippen LogP contribution in [0.1, 0.15) is 38.9 Å². The Bertz CT molecular complexity index is 479. The molecule has 0 aliphatic rings. The average molecular weight is 234 g/mol. The van der Waals surface area contributed by atoms with Gasteiger partial charge in [-0.3, -0.25) is 0 Å². The highest BCUT2D eigenvalue weighted by Crippen LogP contribution is 2.34. The summed E-state index contributed by atoms with van der Waals surface area (Å²) in [5, 5.41) is 13.6. The van der Waals surface area contributed by atoms with Gasteiger partial charge in [0.25, 0.3) is 0 Å². The Kier molecular flexibility index (Phi) is 3.04. The summed E-state index contributed by atoms with van der Waals surface area (Å²) in [6, 6.07) is 8.26. The maximum atomic E-state index is 10.3. The molecule has 1 atom stereocenters. The van der Waals surface area contributed by atoms with Gasteiger partial charge >= 0.3 is 0 Å². The van der Waals surface area contributed by atoms with Crippen LogP contribution in [0, 0.1) is 5.41 Å². The zero-order valence-electron chi connectivity index (χ0n) is 10.0. The van der Waals surface area contributed by atoms with Crippen molar-refractivity contribution in [3.63, 3.8) is 0 Å². The number of benzene rings is 1. The van der Waals surface area contributed by atoms with E-state index in [9.17, 15) is 5.11 Å². The van der Waals surface area contributed by atoms with Gasteiger partial charge in [0, 0.05) is 4.70 Å². The van der Waals surface area contributed by atoms with Crippen LogP contribution in [0.25, 0.3) is 10.1 Å². The summed E-state index contributed by atoms with van der Waals surface area (Å²) in [5.41, 5.74) is 1.22. The standard InChI is InChI=1S/C14H18OS/c1-14(2,3)9-12(15)11-6-4-5-10-7-8-16-13(10)11/h4-8,12,15H,9H2,1-3H3. The highest BCUT2D eigenvalue weighted by Gasteiger charge is 2.19. The number of rotatable bonds is 2. The van der Waals surface area contributed by atoms with E-state index in [0.717, 1.165) is 12.0 Å². The van der Waals surface area contributed by atoms with Gasteiger partial charge in [0.2, 0.25) is 0 Å². The third kappa shape index (κ3) is 2.45. The molecule has 2 heteroatoms. The fourth-order valence-corrected chi connectivity index (χ4v) is 2.93. The second-order valence-corrected chi connectivity index (χ2v) is 6.38. The van der Waals surface area contributed by atoms with E-state index >= 15 is 0 Å². The molecule has 0 amide bonds. The molecule has 0 bridgehead atoms. The smallest absolute Gasteiger partial charge is 0.0808 e. The van der Waals surface area contributed by atoms with Gasteiger partial charge in [-0.05, 0) is 34.2 Å². The summed E-state index contributed by atoms with van der Waals surface area (Å²) in [4.78, 5) is 0. The zero-order chi connectivity index (χ0) is 11.8. The molecule has 1 unspecified atom stereocenters. The minimum Gasteiger partial charge on any atom is -0.388 e. The Labute approximate surface area is 101 Å². The summed E-state index contributed by atoms with van der Waals surface area (Å²) >= 11 is 1.71. The first-order valence-corrected chi connectivity index (χ1v) is 6.49. The van der Waals surface area contributed by atoms with Crippen molar-refractivity contribution in [1.29, 1.82) is 0 Å². The molecule has 0 saturated carbocycles. The van der Waals surface area contributed by atoms with Gasteiger partial charge in [-0.2, -0.15) is 0 Å². The predicted molar refractivity (Wildman–Crippen MR) is 70.9 cm³/mol. The van der Waals surface area contributed by atoms with Crippen molar-refractivity contribution >= 4 is 21.4 Å². The topological polar surface area (TPSA) is 20.2 Å². The van der Waals surface area contributed by atoms with Crippen molar-refractivity contribution < 1.29 is 5.11 Å². The second kappa shape index (κ2) is 4.19. The van der Waals surface area contributed by atoms with Gasteiger partial charge in [0.1, 0.15) is 0 Å². The molecule has 0 saturated heterocycles. The first-order chi connectivity index (χ1) is 7.47. The lowest BCUT2D eigenvalue weighted by Crippen LogP contribution is -2.11. The Morgan fingerprint density at radius 3 is 2.69 bits per heavy atom. The predicted octanol–water partition coefficient (Wildman–Crippen LogP) is 4.37. The normalized spacial score (nSPS) is 14.2. The quantitative estimate of drug-likeness (QED) is 0.818. The molecule has 1 aromatic carbocycles. The number of hydrogen-bond acceptors (Lipinski definition) is 2. The van der Waals surface area contributed by atoms with Crippen LogP contribution in [0.2, 0.25) is 0 Å². The van der Waals surface area contributed by atoms with E-state index in [-0.39, 0.29) is 11.5 Å². The third-order valence-corrected chi connectivity index (χ3v) is 3.65. The van der Waals surface area contributed by atoms with Crippen LogP contribution in [0.4, 0.5) is 0 Å². The number of fused-ring (bicyclic) bond motifs is 1. The van der Waals surface area contributed by atoms with E-state index in [1.165, 1.54) is 10.1 Å². The molecular weight excluding hydrogens is 216 g/mol. The average Bonchev–Trinajstić information content (AvgIpc) is 2.61. The Hall–Kier alpha value is -0.860. The SMILES string of the molecule is CC(C)(C)CC(O)c1cccc2ccsc12. The zero-order valence-corrected chi connectivity index (χ0v) is 10.8. The fraction of sp³-hybridized carbons (Fsp3) is 0.429. The second-order valence-electron chi connectivity index (χ2n) is 5.47. The Balaban J connectivity index is 2.36. The van der Waals surface area contributed by atoms with E-state index in [4.69, 9.17) is 0 Å². The molecule has 1 N–H and O–H groups in total. The van der Waals surface area contributed by atoms with Gasteiger partial charge in [-0.1, -0.05) is 39.0 Å². The highest BCUT2D eigenvalue weighted by molar-refractivity contribution is 7.17. The molecule has 1 aromatic heterocycles. The molecular formula is C14H18OS. The summed E-state index contributed by atoms with van der Waals surface area (Å²) in [6.45, 7) is 6.47. The lowest BCUT2D eigenvalue weighted by molar-refractivity contribution is 0.124. The lowest BCUT2D eigenvalue weighted by Gasteiger charge is -2.22. The van der Waals surface area contributed by atoms with Crippen molar-refractivity contribution in [2.75, 3.05) is 0 Å². The van der Waals surface area contributed by atoms with Gasteiger partial charge in [-0.25, -0.2) is 0 Å². The maximum Gasteiger partial charge on any atom is 0.0808 e. The summed E-state index contributed by atoms with van der Waals surface area (Å²) in [5.74, 6) is 0. The number of hydrogen-bond donors (Lipinski definition) is 1. The van der Waals surface area contributed by atoms with E-state index in [2.05, 4.69) is 38.3 Å². The van der Waals surface area contributed by atoms with Crippen LogP contribution in [-0.4, -0.2) is 5.11 Å². The van der Waals surface area contributed by atoms with E-state index < -0.39 is 0 Å². The van der Waals surface area contributed by atoms with Crippen LogP contribution in [0.5, 0.6) is 0 Å². The van der Waals surface area contributed by atoms with E-state index in [1.54, 1.807) is 11.3 Å². The molecule has 2 aromatic rings. The monoisotopic (exact) mass is 234 g/mol. The Morgan fingerprint density at radius 2 is 2.00 bits per heavy atom. The summed E-state index contributed by atoms with van der Waals surface area (Å²) in [7, 11) is 0. The van der Waals surface area contributed by atoms with Crippen molar-refractivity contribution in [2.24, 2.45) is 5.41 Å². The van der Waals surface area contributed by atoms with Crippen LogP contribution >= 0.6 is 11.3 Å². The fourth-order valence-electron chi connectivity index (χ4n) is 1.97. The summed E-state index contributed by atoms with van der Waals surface area (Å²) in [6.07, 6.45) is 0.437. The minimum atomic E-state index is -0.359. The molecule has 1 heterocycles. The molecule has 0 aliphatic carbocycles. The first-order valence-electron chi connectivity index (χ1n) is 5.61.